The fourth-order valence-electron chi connectivity index (χ4n) is 2.78. The maximum atomic E-state index is 4.90. The van der Waals surface area contributed by atoms with Gasteiger partial charge >= 0.3 is 0 Å². The van der Waals surface area contributed by atoms with Crippen LogP contribution in [0.25, 0.3) is 10.7 Å². The Bertz CT molecular complexity index is 860. The van der Waals surface area contributed by atoms with Gasteiger partial charge in [-0.1, -0.05) is 35.9 Å². The first-order valence-corrected chi connectivity index (χ1v) is 8.98. The van der Waals surface area contributed by atoms with Crippen molar-refractivity contribution in [2.75, 3.05) is 0 Å². The molecule has 0 amide bonds. The molecule has 3 rings (SSSR count). The molecular formula is C21H22N2S. The van der Waals surface area contributed by atoms with Gasteiger partial charge in [0, 0.05) is 17.0 Å². The van der Waals surface area contributed by atoms with Gasteiger partial charge in [0.25, 0.3) is 0 Å². The van der Waals surface area contributed by atoms with E-state index in [1.54, 1.807) is 11.3 Å². The third-order valence-electron chi connectivity index (χ3n) is 4.10. The number of benzene rings is 1. The highest BCUT2D eigenvalue weighted by Crippen LogP contribution is 2.27. The summed E-state index contributed by atoms with van der Waals surface area (Å²) in [6.07, 6.45) is 3.56. The number of hydrogen-bond donors (Lipinski definition) is 0. The second kappa shape index (κ2) is 7.10. The van der Waals surface area contributed by atoms with Gasteiger partial charge in [0.15, 0.2) is 5.82 Å². The molecule has 2 nitrogen and oxygen atoms in total. The Morgan fingerprint density at radius 3 is 2.38 bits per heavy atom. The Morgan fingerprint density at radius 2 is 1.75 bits per heavy atom. The molecule has 2 heterocycles. The van der Waals surface area contributed by atoms with Gasteiger partial charge in [-0.3, -0.25) is 0 Å². The van der Waals surface area contributed by atoms with Crippen LogP contribution >= 0.6 is 11.3 Å². The highest BCUT2D eigenvalue weighted by atomic mass is 32.1. The highest BCUT2D eigenvalue weighted by molar-refractivity contribution is 7.15. The first-order valence-electron chi connectivity index (χ1n) is 8.16. The standard InChI is InChI=1S/C21H22N2S/c1-5-6-18-16(4)22-21(20-12-9-15(3)24-20)23-19(18)13-17-10-7-14(2)8-11-17/h5,7-12H,1,6,13H2,2-4H3. The molecular weight excluding hydrogens is 312 g/mol. The fourth-order valence-corrected chi connectivity index (χ4v) is 3.58. The maximum absolute atomic E-state index is 4.90. The SMILES string of the molecule is C=CCc1c(C)nc(-c2ccc(C)s2)nc1Cc1ccc(C)cc1. The van der Waals surface area contributed by atoms with E-state index in [2.05, 4.69) is 63.7 Å². The van der Waals surface area contributed by atoms with Crippen LogP contribution in [0.1, 0.15) is 33.0 Å². The number of rotatable bonds is 5. The van der Waals surface area contributed by atoms with Crippen molar-refractivity contribution >= 4 is 11.3 Å². The molecule has 2 aromatic heterocycles. The van der Waals surface area contributed by atoms with Crippen molar-refractivity contribution in [3.05, 3.63) is 82.0 Å². The Balaban J connectivity index is 2.04. The van der Waals surface area contributed by atoms with Crippen LogP contribution in [0.5, 0.6) is 0 Å². The van der Waals surface area contributed by atoms with E-state index in [1.807, 2.05) is 6.08 Å². The van der Waals surface area contributed by atoms with E-state index in [4.69, 9.17) is 9.97 Å². The zero-order valence-electron chi connectivity index (χ0n) is 14.5. The quantitative estimate of drug-likeness (QED) is 0.580. The lowest BCUT2D eigenvalue weighted by Crippen LogP contribution is -2.06. The predicted octanol–water partition coefficient (Wildman–Crippen LogP) is 5.45. The molecule has 0 aliphatic carbocycles. The summed E-state index contributed by atoms with van der Waals surface area (Å²) in [7, 11) is 0. The summed E-state index contributed by atoms with van der Waals surface area (Å²) < 4.78 is 0. The van der Waals surface area contributed by atoms with Gasteiger partial charge in [-0.15, -0.1) is 17.9 Å². The Kier molecular flexibility index (Phi) is 4.91. The van der Waals surface area contributed by atoms with Gasteiger partial charge < -0.3 is 0 Å². The van der Waals surface area contributed by atoms with Crippen LogP contribution in [0.15, 0.2) is 49.1 Å². The monoisotopic (exact) mass is 334 g/mol. The number of nitrogens with zero attached hydrogens (tertiary/aromatic N) is 2. The Morgan fingerprint density at radius 1 is 1.00 bits per heavy atom. The summed E-state index contributed by atoms with van der Waals surface area (Å²) in [5.74, 6) is 0.834. The van der Waals surface area contributed by atoms with Gasteiger partial charge in [0.1, 0.15) is 0 Å². The minimum absolute atomic E-state index is 0.802. The number of aromatic nitrogens is 2. The molecule has 0 N–H and O–H groups in total. The average Bonchev–Trinajstić information content (AvgIpc) is 2.99. The molecule has 0 bridgehead atoms. The molecule has 122 valence electrons. The molecule has 3 aromatic rings. The van der Waals surface area contributed by atoms with Crippen molar-refractivity contribution in [1.82, 2.24) is 9.97 Å². The number of aryl methyl sites for hydroxylation is 3. The molecule has 0 saturated heterocycles. The van der Waals surface area contributed by atoms with Gasteiger partial charge in [-0.05, 0) is 50.5 Å². The average molecular weight is 334 g/mol. The lowest BCUT2D eigenvalue weighted by molar-refractivity contribution is 0.951. The zero-order chi connectivity index (χ0) is 17.1. The molecule has 0 saturated carbocycles. The van der Waals surface area contributed by atoms with Crippen LogP contribution < -0.4 is 0 Å². The normalized spacial score (nSPS) is 10.8. The minimum atomic E-state index is 0.802. The van der Waals surface area contributed by atoms with Crippen molar-refractivity contribution in [2.24, 2.45) is 0 Å². The van der Waals surface area contributed by atoms with Crippen molar-refractivity contribution < 1.29 is 0 Å². The van der Waals surface area contributed by atoms with Crippen molar-refractivity contribution in [1.29, 1.82) is 0 Å². The Hall–Kier alpha value is -2.26. The summed E-state index contributed by atoms with van der Waals surface area (Å²) in [6, 6.07) is 12.9. The molecule has 1 aromatic carbocycles. The van der Waals surface area contributed by atoms with Gasteiger partial charge in [0.2, 0.25) is 0 Å². The number of allylic oxidation sites excluding steroid dienone is 1. The van der Waals surface area contributed by atoms with Crippen LogP contribution in [-0.4, -0.2) is 9.97 Å². The molecule has 0 atom stereocenters. The van der Waals surface area contributed by atoms with E-state index in [0.717, 1.165) is 34.9 Å². The van der Waals surface area contributed by atoms with E-state index in [9.17, 15) is 0 Å². The third kappa shape index (κ3) is 3.62. The van der Waals surface area contributed by atoms with Crippen molar-refractivity contribution in [3.8, 4) is 10.7 Å². The van der Waals surface area contributed by atoms with Crippen molar-refractivity contribution in [2.45, 2.75) is 33.6 Å². The zero-order valence-corrected chi connectivity index (χ0v) is 15.3. The largest absolute Gasteiger partial charge is 0.232 e. The van der Waals surface area contributed by atoms with Gasteiger partial charge in [0.05, 0.1) is 10.6 Å². The topological polar surface area (TPSA) is 25.8 Å². The molecule has 0 fully saturated rings. The summed E-state index contributed by atoms with van der Waals surface area (Å²) >= 11 is 1.74. The molecule has 3 heteroatoms. The van der Waals surface area contributed by atoms with Gasteiger partial charge in [-0.2, -0.15) is 0 Å². The van der Waals surface area contributed by atoms with Crippen LogP contribution in [0, 0.1) is 20.8 Å². The minimum Gasteiger partial charge on any atom is -0.232 e. The van der Waals surface area contributed by atoms with Crippen LogP contribution in [0.3, 0.4) is 0 Å². The predicted molar refractivity (Wildman–Crippen MR) is 103 cm³/mol. The summed E-state index contributed by atoms with van der Waals surface area (Å²) in [5.41, 5.74) is 5.90. The van der Waals surface area contributed by atoms with Crippen LogP contribution in [0.4, 0.5) is 0 Å². The summed E-state index contributed by atoms with van der Waals surface area (Å²) in [6.45, 7) is 10.2. The number of thiophene rings is 1. The molecule has 0 radical (unpaired) electrons. The first kappa shape index (κ1) is 16.6. The molecule has 0 aliphatic rings. The maximum Gasteiger partial charge on any atom is 0.169 e. The molecule has 24 heavy (non-hydrogen) atoms. The second-order valence-corrected chi connectivity index (χ2v) is 7.41. The van der Waals surface area contributed by atoms with Crippen LogP contribution in [-0.2, 0) is 12.8 Å². The summed E-state index contributed by atoms with van der Waals surface area (Å²) in [5, 5.41) is 0. The van der Waals surface area contributed by atoms with Crippen LogP contribution in [0.2, 0.25) is 0 Å². The second-order valence-electron chi connectivity index (χ2n) is 6.12. The summed E-state index contributed by atoms with van der Waals surface area (Å²) in [4.78, 5) is 12.1. The van der Waals surface area contributed by atoms with Crippen molar-refractivity contribution in [3.63, 3.8) is 0 Å². The third-order valence-corrected chi connectivity index (χ3v) is 5.10. The van der Waals surface area contributed by atoms with E-state index in [1.165, 1.54) is 21.6 Å². The first-order chi connectivity index (χ1) is 11.6. The van der Waals surface area contributed by atoms with E-state index in [0.29, 0.717) is 0 Å². The fraction of sp³-hybridized carbons (Fsp3) is 0.238. The number of hydrogen-bond acceptors (Lipinski definition) is 3. The molecule has 0 aliphatic heterocycles. The van der Waals surface area contributed by atoms with Gasteiger partial charge in [-0.25, -0.2) is 9.97 Å². The van der Waals surface area contributed by atoms with E-state index >= 15 is 0 Å². The molecule has 0 spiro atoms. The Labute approximate surface area is 147 Å². The highest BCUT2D eigenvalue weighted by Gasteiger charge is 2.13. The smallest absolute Gasteiger partial charge is 0.169 e. The molecule has 0 unspecified atom stereocenters. The lowest BCUT2D eigenvalue weighted by Gasteiger charge is -2.12. The van der Waals surface area contributed by atoms with E-state index in [-0.39, 0.29) is 0 Å². The lowest BCUT2D eigenvalue weighted by atomic mass is 10.0. The van der Waals surface area contributed by atoms with E-state index < -0.39 is 0 Å².